The average Bonchev–Trinajstić information content (AvgIpc) is 2.33. The summed E-state index contributed by atoms with van der Waals surface area (Å²) in [6.07, 6.45) is 8.10. The standard InChI is InChI=1S/C13H17BrClNO/c1-2-9-5-3-4-6-12(9)17-13-11(14)7-10(15)8-16-13/h7-9,12H,2-6H2,1H3. The molecule has 1 aliphatic carbocycles. The van der Waals surface area contributed by atoms with Crippen molar-refractivity contribution in [2.75, 3.05) is 0 Å². The molecule has 2 rings (SSSR count). The van der Waals surface area contributed by atoms with Crippen molar-refractivity contribution in [2.24, 2.45) is 5.92 Å². The zero-order valence-corrected chi connectivity index (χ0v) is 12.3. The number of ether oxygens (including phenoxy) is 1. The van der Waals surface area contributed by atoms with Crippen LogP contribution in [0.5, 0.6) is 5.88 Å². The number of halogens is 2. The Morgan fingerprint density at radius 3 is 2.94 bits per heavy atom. The highest BCUT2D eigenvalue weighted by Gasteiger charge is 2.26. The molecule has 0 bridgehead atoms. The maximum Gasteiger partial charge on any atom is 0.228 e. The highest BCUT2D eigenvalue weighted by Crippen LogP contribution is 2.33. The largest absolute Gasteiger partial charge is 0.473 e. The molecule has 4 heteroatoms. The summed E-state index contributed by atoms with van der Waals surface area (Å²) in [6.45, 7) is 2.23. The second-order valence-corrected chi connectivity index (χ2v) is 5.84. The van der Waals surface area contributed by atoms with E-state index in [1.165, 1.54) is 25.7 Å². The molecular weight excluding hydrogens is 302 g/mol. The third-order valence-electron chi connectivity index (χ3n) is 3.40. The van der Waals surface area contributed by atoms with Crippen molar-refractivity contribution in [3.05, 3.63) is 21.8 Å². The fourth-order valence-electron chi connectivity index (χ4n) is 2.43. The normalized spacial score (nSPS) is 24.6. The Morgan fingerprint density at radius 2 is 2.24 bits per heavy atom. The van der Waals surface area contributed by atoms with Gasteiger partial charge < -0.3 is 4.74 Å². The molecule has 0 spiro atoms. The van der Waals surface area contributed by atoms with Gasteiger partial charge in [0.1, 0.15) is 6.10 Å². The lowest BCUT2D eigenvalue weighted by atomic mass is 9.85. The van der Waals surface area contributed by atoms with Crippen molar-refractivity contribution in [3.8, 4) is 5.88 Å². The van der Waals surface area contributed by atoms with Crippen LogP contribution in [-0.2, 0) is 0 Å². The molecule has 0 N–H and O–H groups in total. The number of hydrogen-bond donors (Lipinski definition) is 0. The molecule has 1 saturated carbocycles. The van der Waals surface area contributed by atoms with Crippen LogP contribution in [0.2, 0.25) is 5.02 Å². The van der Waals surface area contributed by atoms with Gasteiger partial charge in [-0.2, -0.15) is 0 Å². The molecule has 1 aromatic rings. The molecule has 0 aromatic carbocycles. The van der Waals surface area contributed by atoms with E-state index in [9.17, 15) is 0 Å². The van der Waals surface area contributed by atoms with Crippen molar-refractivity contribution < 1.29 is 4.74 Å². The van der Waals surface area contributed by atoms with Crippen molar-refractivity contribution in [2.45, 2.75) is 45.1 Å². The first-order valence-corrected chi connectivity index (χ1v) is 7.35. The number of rotatable bonds is 3. The lowest BCUT2D eigenvalue weighted by molar-refractivity contribution is 0.0850. The fourth-order valence-corrected chi connectivity index (χ4v) is 3.16. The molecule has 1 aliphatic rings. The maximum atomic E-state index is 6.03. The number of hydrogen-bond acceptors (Lipinski definition) is 2. The van der Waals surface area contributed by atoms with Crippen LogP contribution in [0.25, 0.3) is 0 Å². The Labute approximate surface area is 116 Å². The second-order valence-electron chi connectivity index (χ2n) is 4.55. The highest BCUT2D eigenvalue weighted by molar-refractivity contribution is 9.10. The van der Waals surface area contributed by atoms with Gasteiger partial charge in [0, 0.05) is 6.20 Å². The molecular formula is C13H17BrClNO. The third kappa shape index (κ3) is 3.35. The molecule has 2 atom stereocenters. The summed E-state index contributed by atoms with van der Waals surface area (Å²) in [4.78, 5) is 4.24. The minimum atomic E-state index is 0.304. The van der Waals surface area contributed by atoms with Gasteiger partial charge in [-0.25, -0.2) is 4.98 Å². The van der Waals surface area contributed by atoms with Crippen LogP contribution in [0.1, 0.15) is 39.0 Å². The first kappa shape index (κ1) is 13.2. The van der Waals surface area contributed by atoms with Gasteiger partial charge >= 0.3 is 0 Å². The van der Waals surface area contributed by atoms with E-state index in [-0.39, 0.29) is 0 Å². The second kappa shape index (κ2) is 6.05. The number of aromatic nitrogens is 1. The predicted octanol–water partition coefficient (Wildman–Crippen LogP) is 4.85. The van der Waals surface area contributed by atoms with E-state index in [0.29, 0.717) is 22.9 Å². The monoisotopic (exact) mass is 317 g/mol. The summed E-state index contributed by atoms with van der Waals surface area (Å²) in [7, 11) is 0. The van der Waals surface area contributed by atoms with E-state index < -0.39 is 0 Å². The highest BCUT2D eigenvalue weighted by atomic mass is 79.9. The SMILES string of the molecule is CCC1CCCCC1Oc1ncc(Cl)cc1Br. The van der Waals surface area contributed by atoms with Gasteiger partial charge in [-0.3, -0.25) is 0 Å². The predicted molar refractivity (Wildman–Crippen MR) is 73.6 cm³/mol. The van der Waals surface area contributed by atoms with E-state index in [4.69, 9.17) is 16.3 Å². The summed E-state index contributed by atoms with van der Waals surface area (Å²) in [5.74, 6) is 1.33. The van der Waals surface area contributed by atoms with Gasteiger partial charge in [-0.15, -0.1) is 0 Å². The molecule has 0 aliphatic heterocycles. The molecule has 1 fully saturated rings. The molecule has 2 unspecified atom stereocenters. The minimum Gasteiger partial charge on any atom is -0.473 e. The minimum absolute atomic E-state index is 0.304. The summed E-state index contributed by atoms with van der Waals surface area (Å²) in [5.41, 5.74) is 0. The van der Waals surface area contributed by atoms with E-state index >= 15 is 0 Å². The summed E-state index contributed by atoms with van der Waals surface area (Å²) >= 11 is 9.31. The molecule has 0 saturated heterocycles. The van der Waals surface area contributed by atoms with Gasteiger partial charge in [0.15, 0.2) is 0 Å². The van der Waals surface area contributed by atoms with Gasteiger partial charge in [0.25, 0.3) is 0 Å². The Hall–Kier alpha value is -0.280. The fraction of sp³-hybridized carbons (Fsp3) is 0.615. The molecule has 1 heterocycles. The van der Waals surface area contributed by atoms with Gasteiger partial charge in [-0.1, -0.05) is 24.9 Å². The Bertz CT molecular complexity index is 386. The first-order chi connectivity index (χ1) is 8.20. The molecule has 2 nitrogen and oxygen atoms in total. The van der Waals surface area contributed by atoms with Crippen molar-refractivity contribution in [1.29, 1.82) is 0 Å². The maximum absolute atomic E-state index is 6.03. The van der Waals surface area contributed by atoms with E-state index in [0.717, 1.165) is 10.9 Å². The first-order valence-electron chi connectivity index (χ1n) is 6.18. The zero-order valence-electron chi connectivity index (χ0n) is 9.96. The van der Waals surface area contributed by atoms with Crippen LogP contribution in [0.15, 0.2) is 16.7 Å². The zero-order chi connectivity index (χ0) is 12.3. The quantitative estimate of drug-likeness (QED) is 0.795. The molecule has 1 aromatic heterocycles. The van der Waals surface area contributed by atoms with Crippen LogP contribution in [0.4, 0.5) is 0 Å². The Morgan fingerprint density at radius 1 is 1.47 bits per heavy atom. The van der Waals surface area contributed by atoms with Crippen LogP contribution in [-0.4, -0.2) is 11.1 Å². The van der Waals surface area contributed by atoms with Crippen LogP contribution in [0, 0.1) is 5.92 Å². The van der Waals surface area contributed by atoms with E-state index in [1.54, 1.807) is 6.20 Å². The Balaban J connectivity index is 2.08. The molecule has 0 radical (unpaired) electrons. The van der Waals surface area contributed by atoms with Crippen LogP contribution >= 0.6 is 27.5 Å². The Kier molecular flexibility index (Phi) is 4.69. The molecule has 0 amide bonds. The van der Waals surface area contributed by atoms with Gasteiger partial charge in [0.2, 0.25) is 5.88 Å². The van der Waals surface area contributed by atoms with Gasteiger partial charge in [0.05, 0.1) is 9.50 Å². The average molecular weight is 319 g/mol. The summed E-state index contributed by atoms with van der Waals surface area (Å²) in [6, 6.07) is 1.83. The summed E-state index contributed by atoms with van der Waals surface area (Å²) < 4.78 is 6.87. The van der Waals surface area contributed by atoms with Crippen molar-refractivity contribution in [3.63, 3.8) is 0 Å². The van der Waals surface area contributed by atoms with E-state index in [1.807, 2.05) is 6.07 Å². The van der Waals surface area contributed by atoms with Crippen molar-refractivity contribution in [1.82, 2.24) is 4.98 Å². The van der Waals surface area contributed by atoms with Crippen LogP contribution < -0.4 is 4.74 Å². The summed E-state index contributed by atoms with van der Waals surface area (Å²) in [5, 5.41) is 0.625. The third-order valence-corrected chi connectivity index (χ3v) is 4.18. The lowest BCUT2D eigenvalue weighted by Crippen LogP contribution is -2.30. The smallest absolute Gasteiger partial charge is 0.228 e. The lowest BCUT2D eigenvalue weighted by Gasteiger charge is -2.31. The molecule has 94 valence electrons. The number of pyridine rings is 1. The topological polar surface area (TPSA) is 22.1 Å². The van der Waals surface area contributed by atoms with Crippen LogP contribution in [0.3, 0.4) is 0 Å². The van der Waals surface area contributed by atoms with Gasteiger partial charge in [-0.05, 0) is 53.6 Å². The number of nitrogens with zero attached hydrogens (tertiary/aromatic N) is 1. The van der Waals surface area contributed by atoms with E-state index in [2.05, 4.69) is 27.8 Å². The molecule has 17 heavy (non-hydrogen) atoms. The van der Waals surface area contributed by atoms with Crippen molar-refractivity contribution >= 4 is 27.5 Å².